The van der Waals surface area contributed by atoms with Gasteiger partial charge in [-0.15, -0.1) is 0 Å². The number of ether oxygens (including phenoxy) is 4. The number of aliphatic hydroxyl groups is 9. The predicted molar refractivity (Wildman–Crippen MR) is 145 cm³/mol. The second-order valence-electron chi connectivity index (χ2n) is 12.1. The molecule has 0 aromatic carbocycles. The molecule has 0 radical (unpaired) electrons. The van der Waals surface area contributed by atoms with E-state index < -0.39 is 110 Å². The first-order chi connectivity index (χ1) is 20.7. The third-order valence-corrected chi connectivity index (χ3v) is 8.78. The van der Waals surface area contributed by atoms with Crippen LogP contribution in [0.5, 0.6) is 0 Å². The summed E-state index contributed by atoms with van der Waals surface area (Å²) in [5, 5.41) is 98.5. The summed E-state index contributed by atoms with van der Waals surface area (Å²) in [6.07, 6.45) is -18.4. The number of nitrogens with two attached hydrogens (primary N) is 3. The molecule has 44 heavy (non-hydrogen) atoms. The van der Waals surface area contributed by atoms with Crippen LogP contribution in [0.4, 0.5) is 0 Å². The Kier molecular flexibility index (Phi) is 11.9. The molecule has 2 heterocycles. The van der Waals surface area contributed by atoms with E-state index in [2.05, 4.69) is 10.6 Å². The number of amides is 1. The summed E-state index contributed by atoms with van der Waals surface area (Å²) in [4.78, 5) is 13.0. The lowest BCUT2D eigenvalue weighted by Crippen LogP contribution is -2.71. The molecule has 2 aliphatic carbocycles. The highest BCUT2D eigenvalue weighted by atomic mass is 16.7. The summed E-state index contributed by atoms with van der Waals surface area (Å²) < 4.78 is 22.9. The van der Waals surface area contributed by atoms with E-state index in [1.807, 2.05) is 0 Å². The van der Waals surface area contributed by atoms with E-state index >= 15 is 0 Å². The summed E-state index contributed by atoms with van der Waals surface area (Å²) in [5.41, 5.74) is 16.2. The van der Waals surface area contributed by atoms with Crippen molar-refractivity contribution in [3.63, 3.8) is 0 Å². The van der Waals surface area contributed by atoms with Crippen LogP contribution in [-0.2, 0) is 23.7 Å². The van der Waals surface area contributed by atoms with Crippen molar-refractivity contribution >= 4 is 5.91 Å². The van der Waals surface area contributed by atoms with Gasteiger partial charge in [0, 0.05) is 38.0 Å². The number of rotatable bonds is 11. The fourth-order valence-corrected chi connectivity index (χ4v) is 6.09. The molecular weight excluding hydrogens is 594 g/mol. The fourth-order valence-electron chi connectivity index (χ4n) is 6.09. The Morgan fingerprint density at radius 3 is 2.05 bits per heavy atom. The van der Waals surface area contributed by atoms with E-state index in [1.165, 1.54) is 0 Å². The molecule has 0 aromatic rings. The minimum Gasteiger partial charge on any atom is -0.395 e. The van der Waals surface area contributed by atoms with E-state index in [9.17, 15) is 45.6 Å². The highest BCUT2D eigenvalue weighted by Gasteiger charge is 2.54. The fraction of sp³-hybridized carbons (Fsp3) is 0.960. The van der Waals surface area contributed by atoms with Gasteiger partial charge < -0.3 is 92.7 Å². The molecule has 0 spiro atoms. The lowest BCUT2D eigenvalue weighted by atomic mass is 9.75. The van der Waals surface area contributed by atoms with Crippen LogP contribution in [0.1, 0.15) is 19.3 Å². The van der Waals surface area contributed by atoms with Crippen molar-refractivity contribution in [3.05, 3.63) is 0 Å². The van der Waals surface area contributed by atoms with Gasteiger partial charge in [0.25, 0.3) is 5.91 Å². The number of nitrogens with one attached hydrogen (secondary N) is 2. The number of aliphatic hydroxyl groups excluding tert-OH is 8. The zero-order valence-electron chi connectivity index (χ0n) is 24.0. The van der Waals surface area contributed by atoms with E-state index in [0.29, 0.717) is 0 Å². The van der Waals surface area contributed by atoms with Crippen molar-refractivity contribution in [2.45, 2.75) is 123 Å². The second-order valence-corrected chi connectivity index (χ2v) is 12.1. The Hall–Kier alpha value is -1.21. The highest BCUT2D eigenvalue weighted by molar-refractivity contribution is 5.86. The quantitative estimate of drug-likeness (QED) is 0.0931. The van der Waals surface area contributed by atoms with Crippen molar-refractivity contribution in [2.75, 3.05) is 26.3 Å². The van der Waals surface area contributed by atoms with E-state index in [1.54, 1.807) is 0 Å². The minimum atomic E-state index is -1.78. The van der Waals surface area contributed by atoms with Gasteiger partial charge in [0.15, 0.2) is 12.6 Å². The Bertz CT molecular complexity index is 949. The van der Waals surface area contributed by atoms with Crippen LogP contribution >= 0.6 is 0 Å². The largest absolute Gasteiger partial charge is 0.395 e. The summed E-state index contributed by atoms with van der Waals surface area (Å²) >= 11 is 0. The first-order valence-corrected chi connectivity index (χ1v) is 14.6. The summed E-state index contributed by atoms with van der Waals surface area (Å²) in [6.45, 7) is -0.768. The summed E-state index contributed by atoms with van der Waals surface area (Å²) in [6, 6.07) is -3.88. The topological polar surface area (TPSA) is 338 Å². The number of carbonyl (C=O) groups is 1. The van der Waals surface area contributed by atoms with Crippen LogP contribution in [0.25, 0.3) is 0 Å². The summed E-state index contributed by atoms with van der Waals surface area (Å²) in [5.74, 6) is -0.802. The van der Waals surface area contributed by atoms with Crippen molar-refractivity contribution in [3.8, 4) is 0 Å². The zero-order valence-corrected chi connectivity index (χ0v) is 24.0. The summed E-state index contributed by atoms with van der Waals surface area (Å²) in [7, 11) is 0. The molecule has 2 aliphatic heterocycles. The predicted octanol–water partition coefficient (Wildman–Crippen LogP) is -8.66. The Labute approximate surface area is 252 Å². The Balaban J connectivity index is 1.54. The van der Waals surface area contributed by atoms with Gasteiger partial charge in [-0.1, -0.05) is 0 Å². The molecular formula is C25H47N5O14. The SMILES string of the molecule is NC1CC(O)(C(=O)N[C@@H]2C[C@H](N)C(O[C@H]3O[C@H](CNCCO)[C@@H](O)[C@H](O)[C@H]3O)[C@H](O)[C@H]2O[C@H]2O[C@H](CO)[C@@H](O)[C@H](N)[C@H]2O)C1. The first kappa shape index (κ1) is 35.6. The van der Waals surface area contributed by atoms with E-state index in [0.717, 1.165) is 0 Å². The average Bonchev–Trinajstić information content (AvgIpc) is 2.97. The van der Waals surface area contributed by atoms with Gasteiger partial charge in [-0.25, -0.2) is 0 Å². The maximum Gasteiger partial charge on any atom is 0.252 e. The van der Waals surface area contributed by atoms with Crippen molar-refractivity contribution in [1.29, 1.82) is 0 Å². The Morgan fingerprint density at radius 2 is 1.43 bits per heavy atom. The van der Waals surface area contributed by atoms with Crippen molar-refractivity contribution in [2.24, 2.45) is 17.2 Å². The van der Waals surface area contributed by atoms with Gasteiger partial charge in [0.05, 0.1) is 25.3 Å². The minimum absolute atomic E-state index is 0.00773. The monoisotopic (exact) mass is 641 g/mol. The molecule has 2 saturated heterocycles. The molecule has 17 N–H and O–H groups in total. The van der Waals surface area contributed by atoms with Crippen LogP contribution in [0.3, 0.4) is 0 Å². The molecule has 1 unspecified atom stereocenters. The first-order valence-electron chi connectivity index (χ1n) is 14.6. The van der Waals surface area contributed by atoms with Crippen molar-refractivity contribution in [1.82, 2.24) is 10.6 Å². The van der Waals surface area contributed by atoms with Crippen LogP contribution in [0.15, 0.2) is 0 Å². The number of hydrogen-bond acceptors (Lipinski definition) is 18. The lowest BCUT2D eigenvalue weighted by Gasteiger charge is -2.49. The molecule has 2 saturated carbocycles. The molecule has 19 nitrogen and oxygen atoms in total. The molecule has 256 valence electrons. The smallest absolute Gasteiger partial charge is 0.252 e. The average molecular weight is 642 g/mol. The van der Waals surface area contributed by atoms with Crippen LogP contribution < -0.4 is 27.8 Å². The standard InChI is InChI=1S/C25H47N5O14/c26-8-4-25(40,5-8)24(39)30-10-3-9(27)20(43-23-18(37)17(36)15(34)11(41-23)6-29-1-2-31)19(38)21(10)44-22-16(35)13(28)14(33)12(7-32)42-22/h8-23,29,31-38,40H,1-7,26-28H2,(H,30,39)/t8?,9-,10+,11+,12+,13-,14+,15+,16+,17-,18+,19-,20?,21-,22+,23+,25?/m0/s1. The van der Waals surface area contributed by atoms with Gasteiger partial charge in [-0.2, -0.15) is 0 Å². The van der Waals surface area contributed by atoms with Crippen molar-refractivity contribution < 1.29 is 69.7 Å². The van der Waals surface area contributed by atoms with Gasteiger partial charge >= 0.3 is 0 Å². The van der Waals surface area contributed by atoms with Gasteiger partial charge in [-0.05, 0) is 6.42 Å². The van der Waals surface area contributed by atoms with Gasteiger partial charge in [0.1, 0.15) is 66.6 Å². The molecule has 19 heteroatoms. The molecule has 4 rings (SSSR count). The normalized spacial score (nSPS) is 49.7. The Morgan fingerprint density at radius 1 is 0.818 bits per heavy atom. The van der Waals surface area contributed by atoms with Gasteiger partial charge in [-0.3, -0.25) is 4.79 Å². The zero-order chi connectivity index (χ0) is 32.5. The van der Waals surface area contributed by atoms with Crippen LogP contribution in [0.2, 0.25) is 0 Å². The van der Waals surface area contributed by atoms with Gasteiger partial charge in [0.2, 0.25) is 0 Å². The number of hydrogen-bond donors (Lipinski definition) is 14. The maximum atomic E-state index is 13.0. The third-order valence-electron chi connectivity index (χ3n) is 8.78. The van der Waals surface area contributed by atoms with E-state index in [-0.39, 0.29) is 45.0 Å². The van der Waals surface area contributed by atoms with Crippen LogP contribution in [-0.4, -0.2) is 182 Å². The number of carbonyl (C=O) groups excluding carboxylic acids is 1. The molecule has 4 aliphatic rings. The molecule has 1 amide bonds. The molecule has 0 aromatic heterocycles. The molecule has 4 fully saturated rings. The van der Waals surface area contributed by atoms with Crippen LogP contribution in [0, 0.1) is 0 Å². The second kappa shape index (κ2) is 14.7. The lowest BCUT2D eigenvalue weighted by molar-refractivity contribution is -0.333. The molecule has 0 bridgehead atoms. The third kappa shape index (κ3) is 7.34. The van der Waals surface area contributed by atoms with E-state index in [4.69, 9.17) is 41.3 Å². The highest BCUT2D eigenvalue weighted by Crippen LogP contribution is 2.34. The molecule has 15 atom stereocenters. The maximum absolute atomic E-state index is 13.0.